The average Bonchev–Trinajstić information content (AvgIpc) is 2.96. The summed E-state index contributed by atoms with van der Waals surface area (Å²) in [5, 5.41) is 0.697. The monoisotopic (exact) mass is 362 g/mol. The second kappa shape index (κ2) is 6.00. The van der Waals surface area contributed by atoms with Crippen LogP contribution in [0.4, 0.5) is 4.79 Å². The lowest BCUT2D eigenvalue weighted by Gasteiger charge is -2.45. The molecule has 1 aromatic carbocycles. The molecule has 0 spiro atoms. The Kier molecular flexibility index (Phi) is 3.89. The highest BCUT2D eigenvalue weighted by molar-refractivity contribution is 5.77. The van der Waals surface area contributed by atoms with Crippen LogP contribution in [0.1, 0.15) is 13.8 Å². The lowest BCUT2D eigenvalue weighted by Crippen LogP contribution is -2.62. The predicted octanol–water partition coefficient (Wildman–Crippen LogP) is 2.23. The molecule has 2 saturated heterocycles. The molecule has 2 aliphatic rings. The standard InChI is InChI=1S/C18H18O8/c1-18(2)15(21-3)13-14(25-17(20)24-13)16(26-18)22-10-5-6-11-9(8-10)4-7-12(19)23-11/h4-8,13-16H,1-3H3/t13-,14+,15-,16?/m1/s1. The molecule has 0 bridgehead atoms. The average molecular weight is 362 g/mol. The van der Waals surface area contributed by atoms with Crippen LogP contribution in [0.2, 0.25) is 0 Å². The summed E-state index contributed by atoms with van der Waals surface area (Å²) < 4.78 is 33.0. The zero-order chi connectivity index (χ0) is 18.5. The van der Waals surface area contributed by atoms with Gasteiger partial charge in [-0.25, -0.2) is 9.59 Å². The number of fused-ring (bicyclic) bond motifs is 2. The Balaban J connectivity index is 1.63. The molecule has 3 heterocycles. The van der Waals surface area contributed by atoms with Gasteiger partial charge in [-0.05, 0) is 38.1 Å². The van der Waals surface area contributed by atoms with Crippen molar-refractivity contribution in [3.05, 3.63) is 40.8 Å². The summed E-state index contributed by atoms with van der Waals surface area (Å²) in [6.45, 7) is 3.66. The van der Waals surface area contributed by atoms with Crippen LogP contribution in [0.15, 0.2) is 39.5 Å². The Labute approximate surface area is 148 Å². The third-order valence-electron chi connectivity index (χ3n) is 4.56. The molecule has 1 aromatic heterocycles. The molecule has 8 nitrogen and oxygen atoms in total. The van der Waals surface area contributed by atoms with E-state index in [2.05, 4.69) is 0 Å². The van der Waals surface area contributed by atoms with Crippen molar-refractivity contribution in [2.45, 2.75) is 44.1 Å². The fourth-order valence-corrected chi connectivity index (χ4v) is 3.42. The zero-order valence-corrected chi connectivity index (χ0v) is 14.5. The number of methoxy groups -OCH3 is 1. The highest BCUT2D eigenvalue weighted by Gasteiger charge is 2.58. The van der Waals surface area contributed by atoms with Gasteiger partial charge >= 0.3 is 11.8 Å². The number of hydrogen-bond donors (Lipinski definition) is 0. The number of carbonyl (C=O) groups is 1. The Hall–Kier alpha value is -2.58. The Morgan fingerprint density at radius 1 is 1.04 bits per heavy atom. The minimum Gasteiger partial charge on any atom is -0.461 e. The van der Waals surface area contributed by atoms with Crippen LogP contribution >= 0.6 is 0 Å². The molecular weight excluding hydrogens is 344 g/mol. The molecule has 1 unspecified atom stereocenters. The van der Waals surface area contributed by atoms with Gasteiger partial charge in [0.2, 0.25) is 12.4 Å². The molecule has 2 aromatic rings. The molecule has 2 aliphatic heterocycles. The second-order valence-corrected chi connectivity index (χ2v) is 6.73. The van der Waals surface area contributed by atoms with E-state index in [9.17, 15) is 9.59 Å². The normalized spacial score (nSPS) is 29.7. The van der Waals surface area contributed by atoms with Gasteiger partial charge in [0.1, 0.15) is 17.4 Å². The van der Waals surface area contributed by atoms with Crippen LogP contribution in [0.5, 0.6) is 5.75 Å². The molecule has 4 atom stereocenters. The van der Waals surface area contributed by atoms with Crippen molar-refractivity contribution in [1.29, 1.82) is 0 Å². The van der Waals surface area contributed by atoms with E-state index in [4.69, 9.17) is 28.1 Å². The lowest BCUT2D eigenvalue weighted by molar-refractivity contribution is -0.282. The summed E-state index contributed by atoms with van der Waals surface area (Å²) in [6, 6.07) is 7.97. The number of hydrogen-bond acceptors (Lipinski definition) is 8. The first kappa shape index (κ1) is 16.9. The fraction of sp³-hybridized carbons (Fsp3) is 0.444. The van der Waals surface area contributed by atoms with E-state index < -0.39 is 42.0 Å². The first-order chi connectivity index (χ1) is 12.4. The molecule has 0 aliphatic carbocycles. The Morgan fingerprint density at radius 2 is 1.81 bits per heavy atom. The van der Waals surface area contributed by atoms with Gasteiger partial charge in [-0.1, -0.05) is 0 Å². The van der Waals surface area contributed by atoms with Crippen LogP contribution < -0.4 is 10.4 Å². The van der Waals surface area contributed by atoms with Crippen LogP contribution in [-0.2, 0) is 18.9 Å². The van der Waals surface area contributed by atoms with Gasteiger partial charge in [-0.15, -0.1) is 0 Å². The van der Waals surface area contributed by atoms with Crippen molar-refractivity contribution in [3.63, 3.8) is 0 Å². The summed E-state index contributed by atoms with van der Waals surface area (Å²) in [7, 11) is 1.53. The van der Waals surface area contributed by atoms with Crippen molar-refractivity contribution >= 4 is 17.1 Å². The molecule has 8 heteroatoms. The fourth-order valence-electron chi connectivity index (χ4n) is 3.42. The lowest BCUT2D eigenvalue weighted by atomic mass is 9.89. The highest BCUT2D eigenvalue weighted by atomic mass is 16.8. The molecule has 4 rings (SSSR count). The number of carbonyl (C=O) groups excluding carboxylic acids is 1. The molecule has 0 amide bonds. The smallest absolute Gasteiger partial charge is 0.461 e. The maximum absolute atomic E-state index is 11.6. The van der Waals surface area contributed by atoms with Crippen LogP contribution in [-0.4, -0.2) is 43.5 Å². The van der Waals surface area contributed by atoms with E-state index >= 15 is 0 Å². The number of benzene rings is 1. The minimum absolute atomic E-state index is 0.424. The SMILES string of the molecule is CO[C@@H]1[C@@H]2OC(=O)O[C@@H]2C(Oc2ccc3oc(=O)ccc3c2)OC1(C)C. The van der Waals surface area contributed by atoms with Crippen LogP contribution in [0, 0.1) is 0 Å². The maximum Gasteiger partial charge on any atom is 0.509 e. The van der Waals surface area contributed by atoms with Crippen molar-refractivity contribution in [2.24, 2.45) is 0 Å². The van der Waals surface area contributed by atoms with Gasteiger partial charge in [0.15, 0.2) is 6.10 Å². The summed E-state index contributed by atoms with van der Waals surface area (Å²) in [4.78, 5) is 22.9. The highest BCUT2D eigenvalue weighted by Crippen LogP contribution is 2.38. The van der Waals surface area contributed by atoms with E-state index in [0.29, 0.717) is 16.7 Å². The molecule has 26 heavy (non-hydrogen) atoms. The third-order valence-corrected chi connectivity index (χ3v) is 4.56. The van der Waals surface area contributed by atoms with E-state index in [1.54, 1.807) is 24.3 Å². The van der Waals surface area contributed by atoms with Crippen molar-refractivity contribution in [1.82, 2.24) is 0 Å². The van der Waals surface area contributed by atoms with Gasteiger partial charge in [0.05, 0.1) is 5.60 Å². The molecule has 0 saturated carbocycles. The van der Waals surface area contributed by atoms with E-state index in [1.165, 1.54) is 13.2 Å². The summed E-state index contributed by atoms with van der Waals surface area (Å²) >= 11 is 0. The van der Waals surface area contributed by atoms with Gasteiger partial charge < -0.3 is 28.1 Å². The topological polar surface area (TPSA) is 93.4 Å². The van der Waals surface area contributed by atoms with Gasteiger partial charge in [-0.2, -0.15) is 0 Å². The predicted molar refractivity (Wildman–Crippen MR) is 88.0 cm³/mol. The molecule has 0 radical (unpaired) electrons. The second-order valence-electron chi connectivity index (χ2n) is 6.73. The molecule has 138 valence electrons. The van der Waals surface area contributed by atoms with E-state index in [1.807, 2.05) is 13.8 Å². The molecule has 2 fully saturated rings. The van der Waals surface area contributed by atoms with Crippen molar-refractivity contribution < 1.29 is 32.9 Å². The molecule has 0 N–H and O–H groups in total. The third kappa shape index (κ3) is 2.81. The van der Waals surface area contributed by atoms with Crippen LogP contribution in [0.3, 0.4) is 0 Å². The zero-order valence-electron chi connectivity index (χ0n) is 14.5. The van der Waals surface area contributed by atoms with Crippen LogP contribution in [0.25, 0.3) is 11.0 Å². The quantitative estimate of drug-likeness (QED) is 0.606. The van der Waals surface area contributed by atoms with Crippen molar-refractivity contribution in [2.75, 3.05) is 7.11 Å². The maximum atomic E-state index is 11.6. The van der Waals surface area contributed by atoms with Gasteiger partial charge in [0, 0.05) is 18.6 Å². The van der Waals surface area contributed by atoms with E-state index in [-0.39, 0.29) is 0 Å². The van der Waals surface area contributed by atoms with Gasteiger partial charge in [0.25, 0.3) is 0 Å². The summed E-state index contributed by atoms with van der Waals surface area (Å²) in [5.41, 5.74) is -0.743. The Morgan fingerprint density at radius 3 is 2.58 bits per heavy atom. The first-order valence-electron chi connectivity index (χ1n) is 8.16. The summed E-state index contributed by atoms with van der Waals surface area (Å²) in [6.07, 6.45) is -3.55. The Bertz CT molecular complexity index is 901. The van der Waals surface area contributed by atoms with Gasteiger partial charge in [-0.3, -0.25) is 0 Å². The van der Waals surface area contributed by atoms with E-state index in [0.717, 1.165) is 0 Å². The summed E-state index contributed by atoms with van der Waals surface area (Å²) in [5.74, 6) is 0.477. The number of rotatable bonds is 3. The number of ether oxygens (including phenoxy) is 5. The largest absolute Gasteiger partial charge is 0.509 e. The minimum atomic E-state index is -0.874. The van der Waals surface area contributed by atoms with Crippen molar-refractivity contribution in [3.8, 4) is 5.75 Å². The first-order valence-corrected chi connectivity index (χ1v) is 8.16. The molecular formula is C18H18O8.